The molecule has 0 bridgehead atoms. The van der Waals surface area contributed by atoms with Crippen LogP contribution in [0.5, 0.6) is 11.5 Å². The van der Waals surface area contributed by atoms with Gasteiger partial charge >= 0.3 is 0 Å². The van der Waals surface area contributed by atoms with Crippen molar-refractivity contribution in [2.75, 3.05) is 38.7 Å². The normalized spacial score (nSPS) is 10.6. The number of nitrogens with one attached hydrogen (secondary N) is 1. The van der Waals surface area contributed by atoms with Gasteiger partial charge in [-0.1, -0.05) is 19.1 Å². The number of anilines is 1. The van der Waals surface area contributed by atoms with Crippen LogP contribution in [0.3, 0.4) is 0 Å². The van der Waals surface area contributed by atoms with E-state index in [9.17, 15) is 4.79 Å². The zero-order valence-corrected chi connectivity index (χ0v) is 15.1. The summed E-state index contributed by atoms with van der Waals surface area (Å²) >= 11 is 0. The first-order chi connectivity index (χ1) is 12.1. The Kier molecular flexibility index (Phi) is 7.29. The molecule has 0 radical (unpaired) electrons. The molecule has 1 N–H and O–H groups in total. The van der Waals surface area contributed by atoms with E-state index in [-0.39, 0.29) is 5.91 Å². The summed E-state index contributed by atoms with van der Waals surface area (Å²) in [5.74, 6) is 1.59. The third-order valence-electron chi connectivity index (χ3n) is 3.85. The number of nitrogens with zero attached hydrogens (tertiary/aromatic N) is 1. The molecular formula is C20H26N2O3. The summed E-state index contributed by atoms with van der Waals surface area (Å²) in [5.41, 5.74) is 1.93. The number of rotatable bonds is 9. The highest BCUT2D eigenvalue weighted by atomic mass is 16.5. The highest BCUT2D eigenvalue weighted by Gasteiger charge is 2.09. The summed E-state index contributed by atoms with van der Waals surface area (Å²) in [6.45, 7) is 6.43. The van der Waals surface area contributed by atoms with Crippen molar-refractivity contribution < 1.29 is 14.3 Å². The lowest BCUT2D eigenvalue weighted by atomic mass is 10.2. The molecule has 2 rings (SSSR count). The van der Waals surface area contributed by atoms with E-state index in [0.717, 1.165) is 23.7 Å². The standard InChI is InChI=1S/C20H26N2O3/c1-4-22(12-13-25-19-7-5-6-16(2)14-19)15-20(23)21-17-8-10-18(24-3)11-9-17/h5-11,14H,4,12-13,15H2,1-3H3,(H,21,23). The second kappa shape index (κ2) is 9.69. The van der Waals surface area contributed by atoms with E-state index in [1.165, 1.54) is 5.56 Å². The highest BCUT2D eigenvalue weighted by molar-refractivity contribution is 5.92. The van der Waals surface area contributed by atoms with Gasteiger partial charge in [-0.15, -0.1) is 0 Å². The molecule has 0 aliphatic carbocycles. The number of carbonyl (C=O) groups is 1. The Morgan fingerprint density at radius 1 is 1.12 bits per heavy atom. The first kappa shape index (κ1) is 18.8. The smallest absolute Gasteiger partial charge is 0.238 e. The van der Waals surface area contributed by atoms with Crippen molar-refractivity contribution in [2.24, 2.45) is 0 Å². The molecule has 0 saturated carbocycles. The minimum absolute atomic E-state index is 0.0393. The number of amides is 1. The molecule has 134 valence electrons. The van der Waals surface area contributed by atoms with Gasteiger partial charge in [-0.25, -0.2) is 0 Å². The van der Waals surface area contributed by atoms with Crippen molar-refractivity contribution in [3.63, 3.8) is 0 Å². The summed E-state index contributed by atoms with van der Waals surface area (Å²) in [7, 11) is 1.62. The Hall–Kier alpha value is -2.53. The van der Waals surface area contributed by atoms with Crippen LogP contribution < -0.4 is 14.8 Å². The molecule has 2 aromatic carbocycles. The number of hydrogen-bond donors (Lipinski definition) is 1. The average molecular weight is 342 g/mol. The van der Waals surface area contributed by atoms with E-state index < -0.39 is 0 Å². The summed E-state index contributed by atoms with van der Waals surface area (Å²) in [5, 5.41) is 2.90. The van der Waals surface area contributed by atoms with E-state index in [2.05, 4.69) is 10.2 Å². The number of ether oxygens (including phenoxy) is 2. The second-order valence-corrected chi connectivity index (χ2v) is 5.81. The zero-order chi connectivity index (χ0) is 18.1. The van der Waals surface area contributed by atoms with E-state index in [4.69, 9.17) is 9.47 Å². The van der Waals surface area contributed by atoms with E-state index in [1.807, 2.05) is 62.4 Å². The van der Waals surface area contributed by atoms with Crippen LogP contribution in [0.25, 0.3) is 0 Å². The monoisotopic (exact) mass is 342 g/mol. The lowest BCUT2D eigenvalue weighted by Crippen LogP contribution is -2.35. The van der Waals surface area contributed by atoms with Gasteiger partial charge in [-0.05, 0) is 55.4 Å². The largest absolute Gasteiger partial charge is 0.497 e. The molecule has 1 amide bonds. The fourth-order valence-corrected chi connectivity index (χ4v) is 2.42. The number of carbonyl (C=O) groups excluding carboxylic acids is 1. The van der Waals surface area contributed by atoms with Gasteiger partial charge in [-0.2, -0.15) is 0 Å². The predicted octanol–water partition coefficient (Wildman–Crippen LogP) is 3.34. The Morgan fingerprint density at radius 2 is 1.88 bits per heavy atom. The van der Waals surface area contributed by atoms with Gasteiger partial charge in [0.1, 0.15) is 18.1 Å². The van der Waals surface area contributed by atoms with Crippen LogP contribution in [0.4, 0.5) is 5.69 Å². The third-order valence-corrected chi connectivity index (χ3v) is 3.85. The molecule has 0 heterocycles. The minimum atomic E-state index is -0.0393. The first-order valence-corrected chi connectivity index (χ1v) is 8.46. The van der Waals surface area contributed by atoms with Gasteiger partial charge in [0.05, 0.1) is 13.7 Å². The van der Waals surface area contributed by atoms with Crippen molar-refractivity contribution in [3.05, 3.63) is 54.1 Å². The van der Waals surface area contributed by atoms with Gasteiger partial charge in [0.2, 0.25) is 5.91 Å². The van der Waals surface area contributed by atoms with Gasteiger partial charge in [0, 0.05) is 12.2 Å². The number of benzene rings is 2. The second-order valence-electron chi connectivity index (χ2n) is 5.81. The molecular weight excluding hydrogens is 316 g/mol. The summed E-state index contributed by atoms with van der Waals surface area (Å²) in [4.78, 5) is 14.2. The van der Waals surface area contributed by atoms with Crippen molar-refractivity contribution in [3.8, 4) is 11.5 Å². The molecule has 25 heavy (non-hydrogen) atoms. The molecule has 0 aromatic heterocycles. The molecule has 0 unspecified atom stereocenters. The van der Waals surface area contributed by atoms with Crippen molar-refractivity contribution in [1.82, 2.24) is 4.90 Å². The first-order valence-electron chi connectivity index (χ1n) is 8.46. The molecule has 0 fully saturated rings. The summed E-state index contributed by atoms with van der Waals surface area (Å²) < 4.78 is 10.9. The van der Waals surface area contributed by atoms with Crippen LogP contribution in [-0.2, 0) is 4.79 Å². The Balaban J connectivity index is 1.76. The Morgan fingerprint density at radius 3 is 2.52 bits per heavy atom. The average Bonchev–Trinajstić information content (AvgIpc) is 2.61. The van der Waals surface area contributed by atoms with Gasteiger partial charge < -0.3 is 14.8 Å². The maximum absolute atomic E-state index is 12.2. The fraction of sp³-hybridized carbons (Fsp3) is 0.350. The quantitative estimate of drug-likeness (QED) is 0.759. The van der Waals surface area contributed by atoms with Crippen molar-refractivity contribution in [2.45, 2.75) is 13.8 Å². The molecule has 0 saturated heterocycles. The summed E-state index contributed by atoms with van der Waals surface area (Å²) in [6, 6.07) is 15.3. The highest BCUT2D eigenvalue weighted by Crippen LogP contribution is 2.15. The van der Waals surface area contributed by atoms with Crippen LogP contribution in [0.1, 0.15) is 12.5 Å². The van der Waals surface area contributed by atoms with Crippen LogP contribution in [0.15, 0.2) is 48.5 Å². The molecule has 5 heteroatoms. The maximum atomic E-state index is 12.2. The van der Waals surface area contributed by atoms with E-state index >= 15 is 0 Å². The Bertz CT molecular complexity index is 671. The van der Waals surface area contributed by atoms with Crippen LogP contribution in [-0.4, -0.2) is 44.2 Å². The Labute approximate surface area is 149 Å². The SMILES string of the molecule is CCN(CCOc1cccc(C)c1)CC(=O)Nc1ccc(OC)cc1. The number of methoxy groups -OCH3 is 1. The predicted molar refractivity (Wildman–Crippen MR) is 100 cm³/mol. The van der Waals surface area contributed by atoms with E-state index in [0.29, 0.717) is 19.7 Å². The van der Waals surface area contributed by atoms with Crippen molar-refractivity contribution in [1.29, 1.82) is 0 Å². The number of likely N-dealkylation sites (N-methyl/N-ethyl adjacent to an activating group) is 1. The number of hydrogen-bond acceptors (Lipinski definition) is 4. The molecule has 5 nitrogen and oxygen atoms in total. The van der Waals surface area contributed by atoms with E-state index in [1.54, 1.807) is 7.11 Å². The molecule has 0 spiro atoms. The topological polar surface area (TPSA) is 50.8 Å². The fourth-order valence-electron chi connectivity index (χ4n) is 2.42. The number of aryl methyl sites for hydroxylation is 1. The lowest BCUT2D eigenvalue weighted by Gasteiger charge is -2.20. The van der Waals surface area contributed by atoms with Crippen LogP contribution in [0.2, 0.25) is 0 Å². The van der Waals surface area contributed by atoms with Crippen molar-refractivity contribution >= 4 is 11.6 Å². The molecule has 0 aliphatic rings. The lowest BCUT2D eigenvalue weighted by molar-refractivity contribution is -0.117. The maximum Gasteiger partial charge on any atom is 0.238 e. The van der Waals surface area contributed by atoms with Gasteiger partial charge in [0.15, 0.2) is 0 Å². The zero-order valence-electron chi connectivity index (χ0n) is 15.1. The third kappa shape index (κ3) is 6.47. The van der Waals surface area contributed by atoms with Crippen LogP contribution in [0, 0.1) is 6.92 Å². The van der Waals surface area contributed by atoms with Crippen LogP contribution >= 0.6 is 0 Å². The van der Waals surface area contributed by atoms with Gasteiger partial charge in [0.25, 0.3) is 0 Å². The molecule has 0 aliphatic heterocycles. The minimum Gasteiger partial charge on any atom is -0.497 e. The molecule has 0 atom stereocenters. The molecule has 2 aromatic rings. The van der Waals surface area contributed by atoms with Gasteiger partial charge in [-0.3, -0.25) is 9.69 Å². The summed E-state index contributed by atoms with van der Waals surface area (Å²) in [6.07, 6.45) is 0.